The lowest BCUT2D eigenvalue weighted by molar-refractivity contribution is 0.0953. The van der Waals surface area contributed by atoms with Crippen LogP contribution in [-0.4, -0.2) is 55.7 Å². The van der Waals surface area contributed by atoms with E-state index in [1.165, 1.54) is 12.1 Å². The first-order chi connectivity index (χ1) is 14.0. The zero-order chi connectivity index (χ0) is 21.1. The van der Waals surface area contributed by atoms with E-state index in [0.717, 1.165) is 23.8 Å². The second-order valence-corrected chi connectivity index (χ2v) is 6.56. The number of halogens is 1. The molecule has 0 radical (unpaired) electrons. The normalized spacial score (nSPS) is 10.7. The fourth-order valence-electron chi connectivity index (χ4n) is 2.85. The smallest absolute Gasteiger partial charge is 0.251 e. The number of carbonyl (C=O) groups is 1. The minimum atomic E-state index is -0.204. The van der Waals surface area contributed by atoms with E-state index in [-0.39, 0.29) is 35.6 Å². The average Bonchev–Trinajstić information content (AvgIpc) is 2.72. The number of para-hydroxylation sites is 1. The van der Waals surface area contributed by atoms with Crippen LogP contribution in [0.1, 0.15) is 29.3 Å². The second kappa shape index (κ2) is 13.7. The lowest BCUT2D eigenvalue weighted by Crippen LogP contribution is -2.38. The molecule has 0 heterocycles. The number of aliphatic imine (C=N–C) groups is 1. The minimum absolute atomic E-state index is 0. The van der Waals surface area contributed by atoms with Crippen LogP contribution < -0.4 is 15.4 Å². The summed E-state index contributed by atoms with van der Waals surface area (Å²) in [6.45, 7) is 4.56. The van der Waals surface area contributed by atoms with Crippen molar-refractivity contribution in [3.05, 3.63) is 59.7 Å². The van der Waals surface area contributed by atoms with Gasteiger partial charge in [0.15, 0.2) is 5.96 Å². The third-order valence-electron chi connectivity index (χ3n) is 4.29. The number of phenols is 1. The van der Waals surface area contributed by atoms with Gasteiger partial charge in [-0.15, -0.1) is 24.0 Å². The molecule has 8 heteroatoms. The van der Waals surface area contributed by atoms with E-state index in [1.54, 1.807) is 19.2 Å². The van der Waals surface area contributed by atoms with Gasteiger partial charge in [0.25, 0.3) is 5.91 Å². The number of guanidine groups is 1. The maximum absolute atomic E-state index is 12.1. The van der Waals surface area contributed by atoms with Gasteiger partial charge in [-0.2, -0.15) is 0 Å². The van der Waals surface area contributed by atoms with Crippen LogP contribution in [0.3, 0.4) is 0 Å². The summed E-state index contributed by atoms with van der Waals surface area (Å²) >= 11 is 0. The largest absolute Gasteiger partial charge is 0.508 e. The van der Waals surface area contributed by atoms with E-state index in [4.69, 9.17) is 4.74 Å². The average molecular weight is 526 g/mol. The van der Waals surface area contributed by atoms with Crippen LogP contribution in [0.25, 0.3) is 0 Å². The molecular weight excluding hydrogens is 495 g/mol. The molecule has 0 saturated carbocycles. The van der Waals surface area contributed by atoms with Gasteiger partial charge in [0.1, 0.15) is 11.5 Å². The van der Waals surface area contributed by atoms with E-state index >= 15 is 0 Å². The predicted molar refractivity (Wildman–Crippen MR) is 131 cm³/mol. The summed E-state index contributed by atoms with van der Waals surface area (Å²) < 4.78 is 5.42. The molecule has 0 unspecified atom stereocenters. The molecule has 0 aliphatic rings. The van der Waals surface area contributed by atoms with Gasteiger partial charge in [-0.3, -0.25) is 9.79 Å². The lowest BCUT2D eigenvalue weighted by Gasteiger charge is -2.23. The first kappa shape index (κ1) is 25.5. The van der Waals surface area contributed by atoms with Gasteiger partial charge in [-0.1, -0.05) is 24.3 Å². The van der Waals surface area contributed by atoms with Gasteiger partial charge in [0, 0.05) is 44.4 Å². The van der Waals surface area contributed by atoms with E-state index < -0.39 is 0 Å². The number of benzene rings is 2. The van der Waals surface area contributed by atoms with Gasteiger partial charge in [-0.05, 0) is 37.6 Å². The highest BCUT2D eigenvalue weighted by atomic mass is 127. The van der Waals surface area contributed by atoms with Crippen LogP contribution >= 0.6 is 24.0 Å². The Morgan fingerprint density at radius 1 is 1.17 bits per heavy atom. The Kier molecular flexibility index (Phi) is 11.7. The van der Waals surface area contributed by atoms with E-state index in [1.807, 2.05) is 43.1 Å². The van der Waals surface area contributed by atoms with Crippen molar-refractivity contribution in [1.29, 1.82) is 0 Å². The zero-order valence-electron chi connectivity index (χ0n) is 17.7. The molecule has 0 aliphatic heterocycles. The summed E-state index contributed by atoms with van der Waals surface area (Å²) in [5.74, 6) is 1.53. The Morgan fingerprint density at radius 3 is 2.63 bits per heavy atom. The number of carbonyl (C=O) groups excluding carboxylic acids is 1. The molecule has 1 amide bonds. The highest BCUT2D eigenvalue weighted by Gasteiger charge is 2.10. The SMILES string of the molecule is CCNC(=NCCCNC(=O)c1cccc(O)c1)N(C)Cc1ccccc1OC.I. The first-order valence-electron chi connectivity index (χ1n) is 9.73. The Labute approximate surface area is 195 Å². The number of nitrogens with one attached hydrogen (secondary N) is 2. The molecule has 2 aromatic carbocycles. The fraction of sp³-hybridized carbons (Fsp3) is 0.364. The number of ether oxygens (including phenoxy) is 1. The Hall–Kier alpha value is -2.49. The Balaban J connectivity index is 0.00000450. The first-order valence-corrected chi connectivity index (χ1v) is 9.73. The summed E-state index contributed by atoms with van der Waals surface area (Å²) in [7, 11) is 3.65. The second-order valence-electron chi connectivity index (χ2n) is 6.56. The summed E-state index contributed by atoms with van der Waals surface area (Å²) in [5.41, 5.74) is 1.53. The maximum Gasteiger partial charge on any atom is 0.251 e. The number of hydrogen-bond donors (Lipinski definition) is 3. The van der Waals surface area contributed by atoms with Crippen molar-refractivity contribution < 1.29 is 14.6 Å². The monoisotopic (exact) mass is 526 g/mol. The highest BCUT2D eigenvalue weighted by Crippen LogP contribution is 2.18. The number of nitrogens with zero attached hydrogens (tertiary/aromatic N) is 2. The Bertz CT molecular complexity index is 830. The molecule has 2 aromatic rings. The van der Waals surface area contributed by atoms with Gasteiger partial charge >= 0.3 is 0 Å². The van der Waals surface area contributed by atoms with Gasteiger partial charge < -0.3 is 25.4 Å². The fourth-order valence-corrected chi connectivity index (χ4v) is 2.85. The predicted octanol–water partition coefficient (Wildman–Crippen LogP) is 3.24. The van der Waals surface area contributed by atoms with Crippen molar-refractivity contribution in [2.24, 2.45) is 4.99 Å². The standard InChI is InChI=1S/C22H30N4O3.HI/c1-4-23-22(26(2)16-18-9-5-6-12-20(18)29-3)25-14-8-13-24-21(28)17-10-7-11-19(27)15-17;/h5-7,9-12,15,27H,4,8,13-14,16H2,1-3H3,(H,23,25)(H,24,28);1H. The maximum atomic E-state index is 12.1. The number of aromatic hydroxyl groups is 1. The van der Waals surface area contributed by atoms with Gasteiger partial charge in [-0.25, -0.2) is 0 Å². The molecule has 0 saturated heterocycles. The number of amides is 1. The quantitative estimate of drug-likeness (QED) is 0.202. The summed E-state index contributed by atoms with van der Waals surface area (Å²) in [6, 6.07) is 14.2. The molecule has 0 fully saturated rings. The third-order valence-corrected chi connectivity index (χ3v) is 4.29. The molecule has 0 aromatic heterocycles. The summed E-state index contributed by atoms with van der Waals surface area (Å²) in [5, 5.41) is 15.6. The molecule has 0 atom stereocenters. The number of rotatable bonds is 9. The van der Waals surface area contributed by atoms with Crippen LogP contribution in [0.4, 0.5) is 0 Å². The molecule has 3 N–H and O–H groups in total. The minimum Gasteiger partial charge on any atom is -0.508 e. The molecule has 2 rings (SSSR count). The molecule has 7 nitrogen and oxygen atoms in total. The van der Waals surface area contributed by atoms with Crippen molar-refractivity contribution in [2.45, 2.75) is 19.9 Å². The van der Waals surface area contributed by atoms with E-state index in [9.17, 15) is 9.90 Å². The van der Waals surface area contributed by atoms with Crippen LogP contribution in [-0.2, 0) is 6.54 Å². The summed E-state index contributed by atoms with van der Waals surface area (Å²) in [6.07, 6.45) is 0.710. The molecule has 0 spiro atoms. The molecular formula is C22H31IN4O3. The Morgan fingerprint density at radius 2 is 1.93 bits per heavy atom. The van der Waals surface area contributed by atoms with Crippen molar-refractivity contribution >= 4 is 35.8 Å². The number of hydrogen-bond acceptors (Lipinski definition) is 4. The zero-order valence-corrected chi connectivity index (χ0v) is 20.1. The number of phenolic OH excluding ortho intramolecular Hbond substituents is 1. The molecule has 164 valence electrons. The van der Waals surface area contributed by atoms with Gasteiger partial charge in [0.05, 0.1) is 7.11 Å². The van der Waals surface area contributed by atoms with Crippen molar-refractivity contribution in [3.63, 3.8) is 0 Å². The van der Waals surface area contributed by atoms with Crippen LogP contribution in [0.5, 0.6) is 11.5 Å². The van der Waals surface area contributed by atoms with Crippen molar-refractivity contribution in [2.75, 3.05) is 33.8 Å². The van der Waals surface area contributed by atoms with Crippen molar-refractivity contribution in [3.8, 4) is 11.5 Å². The van der Waals surface area contributed by atoms with Crippen LogP contribution in [0, 0.1) is 0 Å². The van der Waals surface area contributed by atoms with Crippen LogP contribution in [0.15, 0.2) is 53.5 Å². The van der Waals surface area contributed by atoms with E-state index in [0.29, 0.717) is 31.6 Å². The highest BCUT2D eigenvalue weighted by molar-refractivity contribution is 14.0. The molecule has 30 heavy (non-hydrogen) atoms. The summed E-state index contributed by atoms with van der Waals surface area (Å²) in [4.78, 5) is 18.8. The third kappa shape index (κ3) is 8.10. The van der Waals surface area contributed by atoms with Gasteiger partial charge in [0.2, 0.25) is 0 Å². The van der Waals surface area contributed by atoms with Crippen LogP contribution in [0.2, 0.25) is 0 Å². The lowest BCUT2D eigenvalue weighted by atomic mass is 10.2. The molecule has 0 aliphatic carbocycles. The topological polar surface area (TPSA) is 86.2 Å². The molecule has 0 bridgehead atoms. The van der Waals surface area contributed by atoms with E-state index in [2.05, 4.69) is 15.6 Å². The number of methoxy groups -OCH3 is 1. The van der Waals surface area contributed by atoms with Crippen molar-refractivity contribution in [1.82, 2.24) is 15.5 Å².